The highest BCUT2D eigenvalue weighted by Crippen LogP contribution is 2.08. The summed E-state index contributed by atoms with van der Waals surface area (Å²) in [5.74, 6) is 0.440. The van der Waals surface area contributed by atoms with E-state index in [0.29, 0.717) is 12.3 Å². The number of carbonyl (C=O) groups excluding carboxylic acids is 1. The second-order valence-corrected chi connectivity index (χ2v) is 3.98. The van der Waals surface area contributed by atoms with Crippen LogP contribution in [-0.4, -0.2) is 30.3 Å². The molecule has 2 nitrogen and oxygen atoms in total. The van der Waals surface area contributed by atoms with Gasteiger partial charge in [-0.2, -0.15) is 0 Å². The Bertz CT molecular complexity index is 150. The molecule has 1 rings (SSSR count). The van der Waals surface area contributed by atoms with Crippen LogP contribution >= 0.6 is 0 Å². The maximum Gasteiger partial charge on any atom is 0.146 e. The monoisotopic (exact) mass is 183 g/mol. The number of hydrogen-bond acceptors (Lipinski definition) is 2. The topological polar surface area (TPSA) is 20.3 Å². The number of carbonyl (C=O) groups is 1. The van der Waals surface area contributed by atoms with Crippen LogP contribution in [0.4, 0.5) is 0 Å². The third-order valence-corrected chi connectivity index (χ3v) is 2.66. The van der Waals surface area contributed by atoms with Gasteiger partial charge < -0.3 is 0 Å². The molecular weight excluding hydrogens is 162 g/mol. The van der Waals surface area contributed by atoms with Gasteiger partial charge in [0.2, 0.25) is 0 Å². The van der Waals surface area contributed by atoms with E-state index in [1.54, 1.807) is 0 Å². The molecule has 0 aromatic rings. The van der Waals surface area contributed by atoms with Crippen molar-refractivity contribution in [2.45, 2.75) is 45.4 Å². The van der Waals surface area contributed by atoms with Gasteiger partial charge in [-0.1, -0.05) is 19.8 Å². The Morgan fingerprint density at radius 1 is 1.23 bits per heavy atom. The van der Waals surface area contributed by atoms with Crippen LogP contribution in [0.5, 0.6) is 0 Å². The summed E-state index contributed by atoms with van der Waals surface area (Å²) in [6, 6.07) is 0. The van der Waals surface area contributed by atoms with Crippen molar-refractivity contribution in [3.8, 4) is 0 Å². The molecule has 0 aromatic heterocycles. The Kier molecular flexibility index (Phi) is 5.06. The van der Waals surface area contributed by atoms with E-state index < -0.39 is 0 Å². The van der Waals surface area contributed by atoms with E-state index in [9.17, 15) is 4.79 Å². The first-order valence-corrected chi connectivity index (χ1v) is 5.57. The van der Waals surface area contributed by atoms with E-state index in [-0.39, 0.29) is 0 Å². The van der Waals surface area contributed by atoms with Crippen LogP contribution in [0, 0.1) is 0 Å². The third-order valence-electron chi connectivity index (χ3n) is 2.66. The number of likely N-dealkylation sites (tertiary alicyclic amines) is 1. The molecule has 0 amide bonds. The van der Waals surface area contributed by atoms with Crippen LogP contribution in [0.3, 0.4) is 0 Å². The summed E-state index contributed by atoms with van der Waals surface area (Å²) < 4.78 is 0. The molecule has 0 atom stereocenters. The van der Waals surface area contributed by atoms with E-state index in [1.165, 1.54) is 25.7 Å². The van der Waals surface area contributed by atoms with Gasteiger partial charge in [-0.05, 0) is 32.4 Å². The highest BCUT2D eigenvalue weighted by atomic mass is 16.1. The van der Waals surface area contributed by atoms with Crippen molar-refractivity contribution in [2.24, 2.45) is 0 Å². The fraction of sp³-hybridized carbons (Fsp3) is 0.909. The minimum absolute atomic E-state index is 0.440. The molecule has 76 valence electrons. The average molecular weight is 183 g/mol. The van der Waals surface area contributed by atoms with Crippen LogP contribution in [0.2, 0.25) is 0 Å². The number of hydrogen-bond donors (Lipinski definition) is 0. The quantitative estimate of drug-likeness (QED) is 0.589. The Morgan fingerprint density at radius 2 is 1.92 bits per heavy atom. The van der Waals surface area contributed by atoms with Gasteiger partial charge in [-0.3, -0.25) is 9.69 Å². The summed E-state index contributed by atoms with van der Waals surface area (Å²) in [4.78, 5) is 13.7. The lowest BCUT2D eigenvalue weighted by Gasteiger charge is -2.12. The molecule has 0 aliphatic carbocycles. The SMILES string of the molecule is CCCCCC(=O)CN1CCCC1. The second-order valence-electron chi connectivity index (χ2n) is 3.98. The second kappa shape index (κ2) is 6.14. The fourth-order valence-corrected chi connectivity index (χ4v) is 1.84. The smallest absolute Gasteiger partial charge is 0.146 e. The van der Waals surface area contributed by atoms with E-state index in [2.05, 4.69) is 11.8 Å². The molecule has 1 fully saturated rings. The summed E-state index contributed by atoms with van der Waals surface area (Å²) in [6.07, 6.45) is 6.85. The highest BCUT2D eigenvalue weighted by molar-refractivity contribution is 5.80. The predicted molar refractivity (Wildman–Crippen MR) is 54.8 cm³/mol. The molecular formula is C11H21NO. The minimum atomic E-state index is 0.440. The van der Waals surface area contributed by atoms with Gasteiger partial charge in [-0.15, -0.1) is 0 Å². The van der Waals surface area contributed by atoms with E-state index in [4.69, 9.17) is 0 Å². The van der Waals surface area contributed by atoms with E-state index in [0.717, 1.165) is 25.9 Å². The Morgan fingerprint density at radius 3 is 2.54 bits per heavy atom. The van der Waals surface area contributed by atoms with Crippen molar-refractivity contribution in [3.63, 3.8) is 0 Å². The van der Waals surface area contributed by atoms with E-state index >= 15 is 0 Å². The summed E-state index contributed by atoms with van der Waals surface area (Å²) >= 11 is 0. The molecule has 0 spiro atoms. The first-order chi connectivity index (χ1) is 6.33. The Labute approximate surface area is 81.3 Å². The molecule has 1 heterocycles. The normalized spacial score (nSPS) is 17.9. The van der Waals surface area contributed by atoms with Gasteiger partial charge >= 0.3 is 0 Å². The van der Waals surface area contributed by atoms with Crippen molar-refractivity contribution in [3.05, 3.63) is 0 Å². The molecule has 0 bridgehead atoms. The number of rotatable bonds is 6. The molecule has 1 aliphatic heterocycles. The summed E-state index contributed by atoms with van der Waals surface area (Å²) in [6.45, 7) is 5.16. The zero-order chi connectivity index (χ0) is 9.52. The molecule has 1 aliphatic rings. The molecule has 0 N–H and O–H groups in total. The molecule has 1 saturated heterocycles. The van der Waals surface area contributed by atoms with Crippen LogP contribution in [0.15, 0.2) is 0 Å². The van der Waals surface area contributed by atoms with Crippen LogP contribution in [-0.2, 0) is 4.79 Å². The lowest BCUT2D eigenvalue weighted by Crippen LogP contribution is -2.26. The van der Waals surface area contributed by atoms with Crippen molar-refractivity contribution in [1.82, 2.24) is 4.90 Å². The average Bonchev–Trinajstić information content (AvgIpc) is 2.57. The highest BCUT2D eigenvalue weighted by Gasteiger charge is 2.14. The molecule has 0 unspecified atom stereocenters. The van der Waals surface area contributed by atoms with Crippen LogP contribution in [0.1, 0.15) is 45.4 Å². The molecule has 0 aromatic carbocycles. The minimum Gasteiger partial charge on any atom is -0.298 e. The van der Waals surface area contributed by atoms with Gasteiger partial charge in [0.1, 0.15) is 5.78 Å². The number of Topliss-reactive ketones (excluding diaryl/α,β-unsaturated/α-hetero) is 1. The van der Waals surface area contributed by atoms with Gasteiger partial charge in [0.15, 0.2) is 0 Å². The summed E-state index contributed by atoms with van der Waals surface area (Å²) in [7, 11) is 0. The number of nitrogens with zero attached hydrogens (tertiary/aromatic N) is 1. The molecule has 0 radical (unpaired) electrons. The Hall–Kier alpha value is -0.370. The Balaban J connectivity index is 2.02. The third kappa shape index (κ3) is 4.41. The molecule has 13 heavy (non-hydrogen) atoms. The van der Waals surface area contributed by atoms with Crippen molar-refractivity contribution in [1.29, 1.82) is 0 Å². The molecule has 0 saturated carbocycles. The standard InChI is InChI=1S/C11H21NO/c1-2-3-4-7-11(13)10-12-8-5-6-9-12/h2-10H2,1H3. The van der Waals surface area contributed by atoms with Crippen molar-refractivity contribution >= 4 is 5.78 Å². The predicted octanol–water partition coefficient (Wildman–Crippen LogP) is 2.23. The van der Waals surface area contributed by atoms with Crippen LogP contribution in [0.25, 0.3) is 0 Å². The van der Waals surface area contributed by atoms with Gasteiger partial charge in [0.25, 0.3) is 0 Å². The number of ketones is 1. The maximum absolute atomic E-state index is 11.4. The molecule has 2 heteroatoms. The van der Waals surface area contributed by atoms with Crippen molar-refractivity contribution < 1.29 is 4.79 Å². The van der Waals surface area contributed by atoms with Gasteiger partial charge in [0, 0.05) is 6.42 Å². The first kappa shape index (κ1) is 10.7. The number of unbranched alkanes of at least 4 members (excludes halogenated alkanes) is 2. The summed E-state index contributed by atoms with van der Waals surface area (Å²) in [5.41, 5.74) is 0. The largest absolute Gasteiger partial charge is 0.298 e. The summed E-state index contributed by atoms with van der Waals surface area (Å²) in [5, 5.41) is 0. The fourth-order valence-electron chi connectivity index (χ4n) is 1.84. The zero-order valence-electron chi connectivity index (χ0n) is 8.72. The van der Waals surface area contributed by atoms with Crippen molar-refractivity contribution in [2.75, 3.05) is 19.6 Å². The zero-order valence-corrected chi connectivity index (χ0v) is 8.72. The maximum atomic E-state index is 11.4. The van der Waals surface area contributed by atoms with E-state index in [1.807, 2.05) is 0 Å². The lowest BCUT2D eigenvalue weighted by atomic mass is 10.1. The van der Waals surface area contributed by atoms with Crippen LogP contribution < -0.4 is 0 Å². The first-order valence-electron chi connectivity index (χ1n) is 5.57. The van der Waals surface area contributed by atoms with Gasteiger partial charge in [-0.25, -0.2) is 0 Å². The lowest BCUT2D eigenvalue weighted by molar-refractivity contribution is -0.120. The van der Waals surface area contributed by atoms with Gasteiger partial charge in [0.05, 0.1) is 6.54 Å².